The number of hydrogen-bond acceptors (Lipinski definition) is 2. The van der Waals surface area contributed by atoms with Crippen LogP contribution in [0.4, 0.5) is 0 Å². The van der Waals surface area contributed by atoms with Gasteiger partial charge in [-0.25, -0.2) is 4.98 Å². The molecular formula is C20H25BrIN5. The van der Waals surface area contributed by atoms with Crippen molar-refractivity contribution in [1.82, 2.24) is 20.0 Å². The lowest BCUT2D eigenvalue weighted by Gasteiger charge is -2.19. The minimum Gasteiger partial charge on any atom is -0.356 e. The van der Waals surface area contributed by atoms with Gasteiger partial charge in [0.15, 0.2) is 5.96 Å². The van der Waals surface area contributed by atoms with Gasteiger partial charge in [0.2, 0.25) is 0 Å². The Morgan fingerprint density at radius 2 is 2.04 bits per heavy atom. The minimum atomic E-state index is 0. The average Bonchev–Trinajstić information content (AvgIpc) is 3.05. The molecule has 0 radical (unpaired) electrons. The summed E-state index contributed by atoms with van der Waals surface area (Å²) in [5.74, 6) is 0.785. The number of imidazole rings is 1. The number of pyridine rings is 1. The molecule has 5 nitrogen and oxygen atoms in total. The number of fused-ring (bicyclic) bond motifs is 1. The number of aryl methyl sites for hydroxylation is 1. The molecule has 3 rings (SSSR count). The summed E-state index contributed by atoms with van der Waals surface area (Å²) in [4.78, 5) is 9.04. The van der Waals surface area contributed by atoms with Crippen molar-refractivity contribution in [3.8, 4) is 0 Å². The molecule has 0 amide bonds. The maximum absolute atomic E-state index is 4.71. The van der Waals surface area contributed by atoms with Crippen LogP contribution in [0.1, 0.15) is 29.8 Å². The fourth-order valence-corrected chi connectivity index (χ4v) is 3.57. The lowest BCUT2D eigenvalue weighted by Crippen LogP contribution is -2.39. The number of nitrogens with one attached hydrogen (secondary N) is 2. The fourth-order valence-electron chi connectivity index (χ4n) is 2.94. The third-order valence-corrected chi connectivity index (χ3v) is 5.07. The van der Waals surface area contributed by atoms with Crippen LogP contribution in [0.2, 0.25) is 0 Å². The van der Waals surface area contributed by atoms with E-state index in [0.29, 0.717) is 0 Å². The highest BCUT2D eigenvalue weighted by Crippen LogP contribution is 2.22. The van der Waals surface area contributed by atoms with Crippen LogP contribution in [0.5, 0.6) is 0 Å². The lowest BCUT2D eigenvalue weighted by atomic mass is 10.1. The molecule has 1 unspecified atom stereocenters. The van der Waals surface area contributed by atoms with Gasteiger partial charge in [0, 0.05) is 36.9 Å². The molecule has 27 heavy (non-hydrogen) atoms. The van der Waals surface area contributed by atoms with Crippen LogP contribution >= 0.6 is 39.9 Å². The van der Waals surface area contributed by atoms with E-state index in [9.17, 15) is 0 Å². The predicted octanol–water partition coefficient (Wildman–Crippen LogP) is 4.49. The molecule has 0 bridgehead atoms. The molecule has 0 aliphatic rings. The molecule has 0 aliphatic carbocycles. The average molecular weight is 542 g/mol. The molecule has 0 saturated heterocycles. The van der Waals surface area contributed by atoms with Crippen LogP contribution in [-0.2, 0) is 6.42 Å². The van der Waals surface area contributed by atoms with Gasteiger partial charge in [0.1, 0.15) is 5.65 Å². The fraction of sp³-hybridized carbons (Fsp3) is 0.300. The summed E-state index contributed by atoms with van der Waals surface area (Å²) >= 11 is 3.60. The Morgan fingerprint density at radius 1 is 1.26 bits per heavy atom. The van der Waals surface area contributed by atoms with E-state index in [0.717, 1.165) is 34.7 Å². The second-order valence-electron chi connectivity index (χ2n) is 6.29. The maximum Gasteiger partial charge on any atom is 0.191 e. The summed E-state index contributed by atoms with van der Waals surface area (Å²) in [7, 11) is 1.79. The maximum atomic E-state index is 4.71. The Hall–Kier alpha value is -1.61. The number of benzene rings is 1. The van der Waals surface area contributed by atoms with Gasteiger partial charge in [-0.3, -0.25) is 4.99 Å². The summed E-state index contributed by atoms with van der Waals surface area (Å²) in [5.41, 5.74) is 4.48. The van der Waals surface area contributed by atoms with E-state index >= 15 is 0 Å². The topological polar surface area (TPSA) is 53.7 Å². The van der Waals surface area contributed by atoms with Gasteiger partial charge >= 0.3 is 0 Å². The van der Waals surface area contributed by atoms with Gasteiger partial charge in [-0.1, -0.05) is 40.2 Å². The highest BCUT2D eigenvalue weighted by atomic mass is 127. The standard InChI is InChI=1S/C20H24BrN5.HI/c1-14-7-6-12-26-13-16(25-19(14)26)10-11-23-20(22-3)24-15(2)17-8-4-5-9-18(17)21;/h4-9,12-13,15H,10-11H2,1-3H3,(H2,22,23,24);1H. The Balaban J connectivity index is 0.00000261. The summed E-state index contributed by atoms with van der Waals surface area (Å²) < 4.78 is 3.17. The van der Waals surface area contributed by atoms with E-state index in [1.807, 2.05) is 24.4 Å². The number of aromatic nitrogens is 2. The lowest BCUT2D eigenvalue weighted by molar-refractivity contribution is 0.680. The van der Waals surface area contributed by atoms with E-state index in [1.165, 1.54) is 11.1 Å². The molecule has 3 aromatic rings. The monoisotopic (exact) mass is 541 g/mol. The largest absolute Gasteiger partial charge is 0.356 e. The van der Waals surface area contributed by atoms with Crippen LogP contribution < -0.4 is 10.6 Å². The van der Waals surface area contributed by atoms with E-state index < -0.39 is 0 Å². The molecule has 2 heterocycles. The molecule has 1 aromatic carbocycles. The van der Waals surface area contributed by atoms with Crippen molar-refractivity contribution in [3.05, 3.63) is 70.1 Å². The molecular weight excluding hydrogens is 517 g/mol. The quantitative estimate of drug-likeness (QED) is 0.284. The van der Waals surface area contributed by atoms with Gasteiger partial charge in [-0.2, -0.15) is 0 Å². The second-order valence-corrected chi connectivity index (χ2v) is 7.15. The van der Waals surface area contributed by atoms with Crippen LogP contribution in [0.15, 0.2) is 58.3 Å². The molecule has 0 saturated carbocycles. The van der Waals surface area contributed by atoms with Crippen LogP contribution in [0, 0.1) is 6.92 Å². The molecule has 7 heteroatoms. The highest BCUT2D eigenvalue weighted by Gasteiger charge is 2.10. The minimum absolute atomic E-state index is 0. The molecule has 0 aliphatic heterocycles. The zero-order valence-corrected chi connectivity index (χ0v) is 19.7. The molecule has 1 atom stereocenters. The normalized spacial score (nSPS) is 12.5. The molecule has 2 aromatic heterocycles. The number of rotatable bonds is 5. The van der Waals surface area contributed by atoms with Crippen LogP contribution in [0.25, 0.3) is 5.65 Å². The first-order chi connectivity index (χ1) is 12.6. The number of halogens is 2. The zero-order chi connectivity index (χ0) is 18.5. The molecule has 0 fully saturated rings. The molecule has 144 valence electrons. The number of aliphatic imine (C=N–C) groups is 1. The predicted molar refractivity (Wildman–Crippen MR) is 126 cm³/mol. The van der Waals surface area contributed by atoms with Gasteiger partial charge < -0.3 is 15.0 Å². The first-order valence-corrected chi connectivity index (χ1v) is 9.52. The first kappa shape index (κ1) is 21.7. The van der Waals surface area contributed by atoms with Crippen molar-refractivity contribution in [2.75, 3.05) is 13.6 Å². The van der Waals surface area contributed by atoms with Crippen LogP contribution in [0.3, 0.4) is 0 Å². The first-order valence-electron chi connectivity index (χ1n) is 8.73. The van der Waals surface area contributed by atoms with Crippen molar-refractivity contribution < 1.29 is 0 Å². The second kappa shape index (κ2) is 10.1. The number of nitrogens with zero attached hydrogens (tertiary/aromatic N) is 3. The third-order valence-electron chi connectivity index (χ3n) is 4.35. The summed E-state index contributed by atoms with van der Waals surface area (Å²) in [6, 6.07) is 12.5. The van der Waals surface area contributed by atoms with Crippen molar-refractivity contribution in [2.45, 2.75) is 26.3 Å². The Bertz CT molecular complexity index is 922. The SMILES string of the molecule is CN=C(NCCc1cn2cccc(C)c2n1)NC(C)c1ccccc1Br.I. The molecule has 2 N–H and O–H groups in total. The Labute approximate surface area is 185 Å². The van der Waals surface area contributed by atoms with E-state index in [4.69, 9.17) is 4.98 Å². The van der Waals surface area contributed by atoms with Gasteiger partial charge in [0.05, 0.1) is 11.7 Å². The zero-order valence-electron chi connectivity index (χ0n) is 15.7. The van der Waals surface area contributed by atoms with Gasteiger partial charge in [0.25, 0.3) is 0 Å². The smallest absolute Gasteiger partial charge is 0.191 e. The Morgan fingerprint density at radius 3 is 2.74 bits per heavy atom. The number of hydrogen-bond donors (Lipinski definition) is 2. The molecule has 0 spiro atoms. The highest BCUT2D eigenvalue weighted by molar-refractivity contribution is 14.0. The van der Waals surface area contributed by atoms with Crippen molar-refractivity contribution in [1.29, 1.82) is 0 Å². The van der Waals surface area contributed by atoms with Crippen LogP contribution in [-0.4, -0.2) is 28.9 Å². The summed E-state index contributed by atoms with van der Waals surface area (Å²) in [6.45, 7) is 4.97. The van der Waals surface area contributed by atoms with Crippen molar-refractivity contribution in [2.24, 2.45) is 4.99 Å². The van der Waals surface area contributed by atoms with Gasteiger partial charge in [-0.05, 0) is 37.1 Å². The van der Waals surface area contributed by atoms with E-state index in [2.05, 4.69) is 74.2 Å². The van der Waals surface area contributed by atoms with Crippen molar-refractivity contribution >= 4 is 51.5 Å². The third kappa shape index (κ3) is 5.44. The number of guanidine groups is 1. The summed E-state index contributed by atoms with van der Waals surface area (Å²) in [6.07, 6.45) is 4.96. The van der Waals surface area contributed by atoms with E-state index in [-0.39, 0.29) is 30.0 Å². The summed E-state index contributed by atoms with van der Waals surface area (Å²) in [5, 5.41) is 6.80. The van der Waals surface area contributed by atoms with Crippen molar-refractivity contribution in [3.63, 3.8) is 0 Å². The van der Waals surface area contributed by atoms with E-state index in [1.54, 1.807) is 7.05 Å². The van der Waals surface area contributed by atoms with Gasteiger partial charge in [-0.15, -0.1) is 24.0 Å². The Kier molecular flexibility index (Phi) is 8.09.